The van der Waals surface area contributed by atoms with Gasteiger partial charge in [0.05, 0.1) is 12.6 Å². The number of amides is 1. The largest absolute Gasteiger partial charge is 0.454 e. The molecule has 0 bridgehead atoms. The molecule has 2 atom stereocenters. The first-order valence-corrected chi connectivity index (χ1v) is 9.59. The normalized spacial score (nSPS) is 18.9. The molecular weight excluding hydrogens is 340 g/mol. The molecule has 5 nitrogen and oxygen atoms in total. The van der Waals surface area contributed by atoms with E-state index in [9.17, 15) is 4.79 Å². The van der Waals surface area contributed by atoms with Crippen molar-refractivity contribution in [2.24, 2.45) is 0 Å². The van der Waals surface area contributed by atoms with E-state index in [1.807, 2.05) is 32.2 Å². The van der Waals surface area contributed by atoms with Crippen molar-refractivity contribution >= 4 is 5.91 Å². The molecule has 0 unspecified atom stereocenters. The predicted octanol–water partition coefficient (Wildman–Crippen LogP) is 3.60. The fraction of sp³-hybridized carbons (Fsp3) is 0.409. The number of ether oxygens (including phenoxy) is 2. The van der Waals surface area contributed by atoms with Crippen LogP contribution in [0.5, 0.6) is 11.5 Å². The first kappa shape index (κ1) is 17.9. The van der Waals surface area contributed by atoms with E-state index < -0.39 is 0 Å². The van der Waals surface area contributed by atoms with E-state index in [-0.39, 0.29) is 18.7 Å². The van der Waals surface area contributed by atoms with Crippen LogP contribution in [0.15, 0.2) is 42.5 Å². The van der Waals surface area contributed by atoms with Crippen LogP contribution < -0.4 is 14.8 Å². The van der Waals surface area contributed by atoms with Crippen LogP contribution in [0.4, 0.5) is 0 Å². The average Bonchev–Trinajstić information content (AvgIpc) is 3.15. The summed E-state index contributed by atoms with van der Waals surface area (Å²) in [6.45, 7) is 2.63. The molecule has 1 aliphatic carbocycles. The zero-order valence-electron chi connectivity index (χ0n) is 15.9. The Labute approximate surface area is 160 Å². The number of nitrogens with zero attached hydrogens (tertiary/aromatic N) is 1. The molecule has 0 fully saturated rings. The fourth-order valence-electron chi connectivity index (χ4n) is 4.08. The lowest BCUT2D eigenvalue weighted by atomic mass is 9.87. The van der Waals surface area contributed by atoms with Gasteiger partial charge in [-0.25, -0.2) is 0 Å². The Kier molecular flexibility index (Phi) is 5.03. The average molecular weight is 366 g/mol. The van der Waals surface area contributed by atoms with Gasteiger partial charge in [-0.1, -0.05) is 30.3 Å². The molecule has 2 aromatic rings. The second-order valence-electron chi connectivity index (χ2n) is 7.42. The molecule has 0 saturated carbocycles. The Balaban J connectivity index is 1.38. The third-order valence-corrected chi connectivity index (χ3v) is 5.54. The molecule has 1 N–H and O–H groups in total. The highest BCUT2D eigenvalue weighted by Crippen LogP contribution is 2.35. The Hall–Kier alpha value is -2.53. The Bertz CT molecular complexity index is 836. The highest BCUT2D eigenvalue weighted by molar-refractivity contribution is 5.78. The fourth-order valence-corrected chi connectivity index (χ4v) is 4.08. The lowest BCUT2D eigenvalue weighted by Gasteiger charge is -2.33. The van der Waals surface area contributed by atoms with Crippen LogP contribution >= 0.6 is 0 Å². The van der Waals surface area contributed by atoms with Crippen molar-refractivity contribution in [1.29, 1.82) is 0 Å². The first-order chi connectivity index (χ1) is 13.1. The van der Waals surface area contributed by atoms with Crippen LogP contribution in [-0.4, -0.2) is 31.2 Å². The molecule has 142 valence electrons. The van der Waals surface area contributed by atoms with Crippen LogP contribution in [0.1, 0.15) is 48.5 Å². The third-order valence-electron chi connectivity index (χ3n) is 5.54. The Morgan fingerprint density at radius 1 is 1.22 bits per heavy atom. The molecule has 2 aromatic carbocycles. The summed E-state index contributed by atoms with van der Waals surface area (Å²) in [7, 11) is 2.04. The molecule has 0 aromatic heterocycles. The van der Waals surface area contributed by atoms with Gasteiger partial charge in [-0.2, -0.15) is 0 Å². The number of rotatable bonds is 5. The Morgan fingerprint density at radius 3 is 2.93 bits per heavy atom. The quantitative estimate of drug-likeness (QED) is 0.878. The number of hydrogen-bond acceptors (Lipinski definition) is 4. The number of likely N-dealkylation sites (N-methyl/N-ethyl adjacent to an activating group) is 1. The SMILES string of the molecule is C[C@@H](NC(=O)CN(C)[C@@H]1CCCc2ccccc21)c1ccc2c(c1)OCO2. The van der Waals surface area contributed by atoms with Gasteiger partial charge in [0, 0.05) is 6.04 Å². The summed E-state index contributed by atoms with van der Waals surface area (Å²) < 4.78 is 10.8. The minimum absolute atomic E-state index is 0.0331. The molecule has 0 saturated heterocycles. The van der Waals surface area contributed by atoms with E-state index in [0.29, 0.717) is 12.6 Å². The molecule has 27 heavy (non-hydrogen) atoms. The van der Waals surface area contributed by atoms with Gasteiger partial charge in [0.15, 0.2) is 11.5 Å². The summed E-state index contributed by atoms with van der Waals surface area (Å²) in [4.78, 5) is 14.8. The van der Waals surface area contributed by atoms with Crippen molar-refractivity contribution < 1.29 is 14.3 Å². The molecule has 0 radical (unpaired) electrons. The molecule has 0 spiro atoms. The number of carbonyl (C=O) groups excluding carboxylic acids is 1. The smallest absolute Gasteiger partial charge is 0.234 e. The molecule has 2 aliphatic rings. The maximum absolute atomic E-state index is 12.6. The van der Waals surface area contributed by atoms with Gasteiger partial charge >= 0.3 is 0 Å². The van der Waals surface area contributed by atoms with Gasteiger partial charge in [-0.05, 0) is 62.1 Å². The lowest BCUT2D eigenvalue weighted by Crippen LogP contribution is -2.39. The zero-order valence-corrected chi connectivity index (χ0v) is 15.9. The van der Waals surface area contributed by atoms with E-state index in [0.717, 1.165) is 29.9 Å². The second-order valence-corrected chi connectivity index (χ2v) is 7.42. The highest BCUT2D eigenvalue weighted by atomic mass is 16.7. The van der Waals surface area contributed by atoms with Crippen LogP contribution in [0.3, 0.4) is 0 Å². The highest BCUT2D eigenvalue weighted by Gasteiger charge is 2.25. The first-order valence-electron chi connectivity index (χ1n) is 9.59. The minimum atomic E-state index is -0.0842. The lowest BCUT2D eigenvalue weighted by molar-refractivity contribution is -0.123. The number of carbonyl (C=O) groups is 1. The van der Waals surface area contributed by atoms with Crippen molar-refractivity contribution in [1.82, 2.24) is 10.2 Å². The van der Waals surface area contributed by atoms with Crippen molar-refractivity contribution in [2.75, 3.05) is 20.4 Å². The number of hydrogen-bond donors (Lipinski definition) is 1. The van der Waals surface area contributed by atoms with E-state index in [1.54, 1.807) is 0 Å². The standard InChI is InChI=1S/C22H26N2O3/c1-15(17-10-11-20-21(12-17)27-14-26-20)23-22(25)13-24(2)19-9-5-7-16-6-3-4-8-18(16)19/h3-4,6,8,10-12,15,19H,5,7,9,13-14H2,1-2H3,(H,23,25)/t15-,19-/m1/s1. The molecular formula is C22H26N2O3. The maximum Gasteiger partial charge on any atom is 0.234 e. The number of nitrogens with one attached hydrogen (secondary N) is 1. The van der Waals surface area contributed by atoms with Crippen LogP contribution in [0, 0.1) is 0 Å². The molecule has 4 rings (SSSR count). The van der Waals surface area contributed by atoms with E-state index in [4.69, 9.17) is 9.47 Å². The third kappa shape index (κ3) is 3.78. The van der Waals surface area contributed by atoms with Gasteiger partial charge < -0.3 is 14.8 Å². The molecule has 5 heteroatoms. The van der Waals surface area contributed by atoms with E-state index in [2.05, 4.69) is 34.5 Å². The van der Waals surface area contributed by atoms with Crippen LogP contribution in [0.25, 0.3) is 0 Å². The summed E-state index contributed by atoms with van der Waals surface area (Å²) in [6, 6.07) is 14.6. The maximum atomic E-state index is 12.6. The molecule has 1 heterocycles. The van der Waals surface area contributed by atoms with Crippen LogP contribution in [-0.2, 0) is 11.2 Å². The summed E-state index contributed by atoms with van der Waals surface area (Å²) >= 11 is 0. The van der Waals surface area contributed by atoms with Gasteiger partial charge in [0.25, 0.3) is 0 Å². The summed E-state index contributed by atoms with van der Waals surface area (Å²) in [5.41, 5.74) is 3.79. The van der Waals surface area contributed by atoms with Gasteiger partial charge in [0.2, 0.25) is 12.7 Å². The van der Waals surface area contributed by atoms with E-state index >= 15 is 0 Å². The molecule has 1 aliphatic heterocycles. The van der Waals surface area contributed by atoms with Crippen molar-refractivity contribution in [2.45, 2.75) is 38.3 Å². The van der Waals surface area contributed by atoms with Gasteiger partial charge in [-0.15, -0.1) is 0 Å². The predicted molar refractivity (Wildman–Crippen MR) is 104 cm³/mol. The summed E-state index contributed by atoms with van der Waals surface area (Å²) in [5.74, 6) is 1.53. The van der Waals surface area contributed by atoms with Crippen LogP contribution in [0.2, 0.25) is 0 Å². The number of fused-ring (bicyclic) bond motifs is 2. The van der Waals surface area contributed by atoms with Crippen molar-refractivity contribution in [3.8, 4) is 11.5 Å². The zero-order chi connectivity index (χ0) is 18.8. The van der Waals surface area contributed by atoms with Crippen molar-refractivity contribution in [3.63, 3.8) is 0 Å². The second kappa shape index (κ2) is 7.61. The number of aryl methyl sites for hydroxylation is 1. The monoisotopic (exact) mass is 366 g/mol. The van der Waals surface area contributed by atoms with Crippen molar-refractivity contribution in [3.05, 3.63) is 59.2 Å². The number of benzene rings is 2. The van der Waals surface area contributed by atoms with Gasteiger partial charge in [0.1, 0.15) is 0 Å². The minimum Gasteiger partial charge on any atom is -0.454 e. The Morgan fingerprint density at radius 2 is 2.04 bits per heavy atom. The van der Waals surface area contributed by atoms with E-state index in [1.165, 1.54) is 17.5 Å². The topological polar surface area (TPSA) is 50.8 Å². The molecule has 1 amide bonds. The summed E-state index contributed by atoms with van der Waals surface area (Å²) in [5, 5.41) is 3.10. The summed E-state index contributed by atoms with van der Waals surface area (Å²) in [6.07, 6.45) is 3.40. The van der Waals surface area contributed by atoms with Gasteiger partial charge in [-0.3, -0.25) is 9.69 Å².